The first kappa shape index (κ1) is 39.3. The third-order valence-electron chi connectivity index (χ3n) is 12.5. The van der Waals surface area contributed by atoms with Gasteiger partial charge in [0.05, 0.1) is 6.20 Å². The number of likely N-dealkylation sites (tertiary alicyclic amines) is 1. The highest BCUT2D eigenvalue weighted by atomic mass is 19.1. The van der Waals surface area contributed by atoms with E-state index in [0.717, 1.165) is 77.3 Å². The lowest BCUT2D eigenvalue weighted by Gasteiger charge is -2.41. The maximum Gasteiger partial charge on any atom is 0.255 e. The molecule has 4 aliphatic rings. The maximum absolute atomic E-state index is 15.3. The molecular weight excluding hydrogens is 743 g/mol. The van der Waals surface area contributed by atoms with Crippen molar-refractivity contribution in [3.8, 4) is 22.4 Å². The van der Waals surface area contributed by atoms with Gasteiger partial charge in [-0.1, -0.05) is 24.3 Å². The van der Waals surface area contributed by atoms with E-state index in [2.05, 4.69) is 41.1 Å². The van der Waals surface area contributed by atoms with Crippen LogP contribution in [0.1, 0.15) is 88.5 Å². The normalized spacial score (nSPS) is 24.5. The van der Waals surface area contributed by atoms with Gasteiger partial charge < -0.3 is 25.8 Å². The van der Waals surface area contributed by atoms with E-state index in [1.54, 1.807) is 36.5 Å². The van der Waals surface area contributed by atoms with Gasteiger partial charge in [0.1, 0.15) is 17.6 Å². The number of piperidine rings is 2. The molecule has 304 valence electrons. The minimum Gasteiger partial charge on any atom is -0.374 e. The molecule has 4 heterocycles. The van der Waals surface area contributed by atoms with E-state index in [4.69, 9.17) is 0 Å². The summed E-state index contributed by atoms with van der Waals surface area (Å²) in [6.45, 7) is 1.79. The lowest BCUT2D eigenvalue weighted by Crippen LogP contribution is -2.47. The van der Waals surface area contributed by atoms with Crippen molar-refractivity contribution < 1.29 is 23.2 Å². The van der Waals surface area contributed by atoms with Crippen molar-refractivity contribution in [2.45, 2.75) is 107 Å². The molecule has 14 heteroatoms. The Hall–Kier alpha value is -5.50. The van der Waals surface area contributed by atoms with Crippen LogP contribution in [0.4, 0.5) is 20.4 Å². The molecule has 3 amide bonds. The van der Waals surface area contributed by atoms with Crippen LogP contribution in [0.25, 0.3) is 22.4 Å². The van der Waals surface area contributed by atoms with Gasteiger partial charge in [0, 0.05) is 53.5 Å². The number of H-pyrrole nitrogens is 1. The number of hydrogen-bond acceptors (Lipinski definition) is 9. The summed E-state index contributed by atoms with van der Waals surface area (Å²) < 4.78 is 30.2. The minimum atomic E-state index is -0.551. The van der Waals surface area contributed by atoms with Crippen LogP contribution in [0.5, 0.6) is 0 Å². The summed E-state index contributed by atoms with van der Waals surface area (Å²) in [5.74, 6) is -0.853. The first-order valence-corrected chi connectivity index (χ1v) is 20.7. The number of carbonyl (C=O) groups is 3. The number of imide groups is 1. The Labute approximate surface area is 336 Å². The molecule has 5 N–H and O–H groups in total. The fraction of sp³-hybridized carbons (Fsp3) is 0.455. The van der Waals surface area contributed by atoms with Crippen molar-refractivity contribution in [2.75, 3.05) is 23.7 Å². The van der Waals surface area contributed by atoms with Gasteiger partial charge in [-0.3, -0.25) is 24.5 Å². The van der Waals surface area contributed by atoms with Crippen LogP contribution in [0.3, 0.4) is 0 Å². The third kappa shape index (κ3) is 9.12. The molecule has 0 bridgehead atoms. The predicted molar refractivity (Wildman–Crippen MR) is 217 cm³/mol. The van der Waals surface area contributed by atoms with E-state index in [1.165, 1.54) is 12.3 Å². The van der Waals surface area contributed by atoms with Crippen LogP contribution in [0.2, 0.25) is 0 Å². The van der Waals surface area contributed by atoms with Crippen LogP contribution in [0, 0.1) is 17.6 Å². The number of benzene rings is 2. The zero-order valence-electron chi connectivity index (χ0n) is 32.4. The monoisotopic (exact) mass is 792 g/mol. The fourth-order valence-electron chi connectivity index (χ4n) is 9.26. The van der Waals surface area contributed by atoms with Crippen molar-refractivity contribution in [3.05, 3.63) is 94.5 Å². The molecule has 1 atom stereocenters. The molecule has 2 aliphatic heterocycles. The average molecular weight is 793 g/mol. The van der Waals surface area contributed by atoms with E-state index < -0.39 is 11.9 Å². The smallest absolute Gasteiger partial charge is 0.255 e. The Balaban J connectivity index is 0.760. The van der Waals surface area contributed by atoms with Gasteiger partial charge in [-0.2, -0.15) is 0 Å². The molecule has 2 aromatic heterocycles. The largest absolute Gasteiger partial charge is 0.374 e. The number of rotatable bonds is 10. The summed E-state index contributed by atoms with van der Waals surface area (Å²) in [5, 5.41) is 12.1. The van der Waals surface area contributed by atoms with E-state index in [9.17, 15) is 23.6 Å². The number of nitrogens with one attached hydrogen (secondary N) is 5. The average Bonchev–Trinajstić information content (AvgIpc) is 3.24. The van der Waals surface area contributed by atoms with Crippen LogP contribution in [-0.2, 0) is 14.4 Å². The number of hydrogen-bond donors (Lipinski definition) is 5. The van der Waals surface area contributed by atoms with Crippen molar-refractivity contribution >= 4 is 29.4 Å². The highest BCUT2D eigenvalue weighted by Crippen LogP contribution is 2.36. The standard InChI is InChI=1S/C44H50F2N8O4/c45-36-24-32(49-38-16-17-39(55)52-43(38)58)12-15-34(36)26-18-21-54(22-19-26)33-13-6-27(7-14-33)41(56)50-30-8-10-31(11-9-30)51-44-48-25-37(46)40(53-44)29-4-1-3-28(23-29)35-5-2-20-47-42(35)57/h1-5,12,15,20,23-27,30-31,33,38,49H,6-11,13-14,16-19,21-22H2,(H,47,57)(H,50,56)(H,48,51,53)(H,52,55,58)/t27?,30?,31?,33?,38-/m1/s1. The maximum atomic E-state index is 15.3. The van der Waals surface area contributed by atoms with Crippen molar-refractivity contribution in [1.29, 1.82) is 0 Å². The molecule has 2 saturated heterocycles. The number of pyridine rings is 1. The molecule has 0 unspecified atom stereocenters. The van der Waals surface area contributed by atoms with Gasteiger partial charge in [-0.05, 0) is 131 Å². The summed E-state index contributed by atoms with van der Waals surface area (Å²) in [6, 6.07) is 15.8. The van der Waals surface area contributed by atoms with Gasteiger partial charge in [0.25, 0.3) is 5.56 Å². The number of carbonyl (C=O) groups excluding carboxylic acids is 3. The quantitative estimate of drug-likeness (QED) is 0.117. The Morgan fingerprint density at radius 2 is 1.53 bits per heavy atom. The van der Waals surface area contributed by atoms with Gasteiger partial charge in [0.15, 0.2) is 5.82 Å². The molecule has 2 aliphatic carbocycles. The van der Waals surface area contributed by atoms with E-state index in [-0.39, 0.29) is 65.1 Å². The molecule has 8 rings (SSSR count). The Bertz CT molecular complexity index is 2190. The third-order valence-corrected chi connectivity index (χ3v) is 12.5. The summed E-state index contributed by atoms with van der Waals surface area (Å²) in [5.41, 5.74) is 2.88. The zero-order chi connectivity index (χ0) is 40.2. The first-order chi connectivity index (χ1) is 28.2. The van der Waals surface area contributed by atoms with Gasteiger partial charge in [0.2, 0.25) is 23.7 Å². The van der Waals surface area contributed by atoms with Gasteiger partial charge >= 0.3 is 0 Å². The topological polar surface area (TPSA) is 161 Å². The van der Waals surface area contributed by atoms with Crippen LogP contribution in [-0.4, -0.2) is 74.8 Å². The highest BCUT2D eigenvalue weighted by Gasteiger charge is 2.34. The molecular formula is C44H50F2N8O4. The summed E-state index contributed by atoms with van der Waals surface area (Å²) >= 11 is 0. The molecule has 2 saturated carbocycles. The molecule has 58 heavy (non-hydrogen) atoms. The molecule has 4 fully saturated rings. The predicted octanol–water partition coefficient (Wildman–Crippen LogP) is 6.27. The minimum absolute atomic E-state index is 0.0100. The fourth-order valence-corrected chi connectivity index (χ4v) is 9.26. The summed E-state index contributed by atoms with van der Waals surface area (Å²) in [6.07, 6.45) is 12.1. The first-order valence-electron chi connectivity index (χ1n) is 20.7. The summed E-state index contributed by atoms with van der Waals surface area (Å²) in [4.78, 5) is 63.2. The Kier molecular flexibility index (Phi) is 11.9. The zero-order valence-corrected chi connectivity index (χ0v) is 32.4. The molecule has 12 nitrogen and oxygen atoms in total. The van der Waals surface area contributed by atoms with Crippen LogP contribution < -0.4 is 26.8 Å². The van der Waals surface area contributed by atoms with Gasteiger partial charge in [-0.15, -0.1) is 0 Å². The number of halogens is 2. The molecule has 2 aromatic carbocycles. The van der Waals surface area contributed by atoms with E-state index in [0.29, 0.717) is 46.4 Å². The highest BCUT2D eigenvalue weighted by molar-refractivity contribution is 6.01. The van der Waals surface area contributed by atoms with Crippen molar-refractivity contribution in [2.24, 2.45) is 5.92 Å². The van der Waals surface area contributed by atoms with Crippen molar-refractivity contribution in [1.82, 2.24) is 30.5 Å². The van der Waals surface area contributed by atoms with E-state index >= 15 is 4.39 Å². The number of aromatic amines is 1. The summed E-state index contributed by atoms with van der Waals surface area (Å²) in [7, 11) is 0. The SMILES string of the molecule is O=C1CC[C@@H](Nc2ccc(C3CCN(C4CCC(C(=O)NC5CCC(Nc6ncc(F)c(-c7cccc(-c8ccc[nH]c8=O)c7)n6)CC5)CC4)CC3)c(F)c2)C(=O)N1. The Morgan fingerprint density at radius 1 is 0.776 bits per heavy atom. The number of aromatic nitrogens is 3. The second kappa shape index (κ2) is 17.6. The van der Waals surface area contributed by atoms with Crippen molar-refractivity contribution in [3.63, 3.8) is 0 Å². The molecule has 4 aromatic rings. The Morgan fingerprint density at radius 3 is 2.28 bits per heavy atom. The number of anilines is 2. The number of amides is 3. The second-order valence-corrected chi connectivity index (χ2v) is 16.3. The molecule has 0 spiro atoms. The lowest BCUT2D eigenvalue weighted by molar-refractivity contribution is -0.133. The van der Waals surface area contributed by atoms with Crippen LogP contribution >= 0.6 is 0 Å². The second-order valence-electron chi connectivity index (χ2n) is 16.3. The van der Waals surface area contributed by atoms with Crippen LogP contribution in [0.15, 0.2) is 71.8 Å². The molecule has 0 radical (unpaired) electrons. The number of nitrogens with zero attached hydrogens (tertiary/aromatic N) is 3. The van der Waals surface area contributed by atoms with Gasteiger partial charge in [-0.25, -0.2) is 18.7 Å². The lowest BCUT2D eigenvalue weighted by atomic mass is 9.82. The van der Waals surface area contributed by atoms with E-state index in [1.807, 2.05) is 18.2 Å².